The van der Waals surface area contributed by atoms with E-state index >= 15 is 0 Å². The molecule has 1 amide bonds. The smallest absolute Gasteiger partial charge is 0.303 e. The molecule has 0 unspecified atom stereocenters. The van der Waals surface area contributed by atoms with Crippen LogP contribution >= 0.6 is 0 Å². The Labute approximate surface area is 277 Å². The molecule has 0 saturated carbocycles. The minimum Gasteiger partial charge on any atom is -0.481 e. The molecule has 0 aliphatic carbocycles. The lowest BCUT2D eigenvalue weighted by molar-refractivity contribution is -0.137. The first-order valence-corrected chi connectivity index (χ1v) is 16.8. The summed E-state index contributed by atoms with van der Waals surface area (Å²) in [5.41, 5.74) is 11.5. The van der Waals surface area contributed by atoms with E-state index in [4.69, 9.17) is 24.7 Å². The van der Waals surface area contributed by atoms with Gasteiger partial charge in [0.1, 0.15) is 11.6 Å². The predicted molar refractivity (Wildman–Crippen MR) is 177 cm³/mol. The van der Waals surface area contributed by atoms with Crippen LogP contribution in [0.15, 0.2) is 29.6 Å². The Morgan fingerprint density at radius 2 is 1.72 bits per heavy atom. The third-order valence-corrected chi connectivity index (χ3v) is 7.82. The maximum atomic E-state index is 12.0. The lowest BCUT2D eigenvalue weighted by atomic mass is 9.92. The molecule has 0 fully saturated rings. The van der Waals surface area contributed by atoms with Gasteiger partial charge in [-0.2, -0.15) is 0 Å². The molecule has 0 saturated heterocycles. The fraction of sp³-hybridized carbons (Fsp3) is 0.667. The zero-order chi connectivity index (χ0) is 33.4. The molecule has 1 aliphatic heterocycles. The van der Waals surface area contributed by atoms with Crippen LogP contribution in [0, 0.1) is 0 Å². The Bertz CT molecular complexity index is 1240. The van der Waals surface area contributed by atoms with Gasteiger partial charge in [-0.15, -0.1) is 0 Å². The molecule has 3 heterocycles. The zero-order valence-electron chi connectivity index (χ0n) is 27.4. The molecule has 1 aliphatic rings. The third kappa shape index (κ3) is 16.5. The number of carboxylic acids is 1. The van der Waals surface area contributed by atoms with E-state index in [-0.39, 0.29) is 24.7 Å². The Morgan fingerprint density at radius 3 is 2.49 bits per heavy atom. The van der Waals surface area contributed by atoms with Crippen molar-refractivity contribution in [3.05, 3.63) is 57.6 Å². The molecule has 2 aromatic rings. The number of aryl methyl sites for hydroxylation is 3. The van der Waals surface area contributed by atoms with Crippen LogP contribution in [0.2, 0.25) is 0 Å². The maximum Gasteiger partial charge on any atom is 0.303 e. The minimum atomic E-state index is -0.817. The van der Waals surface area contributed by atoms with E-state index in [0.29, 0.717) is 71.4 Å². The van der Waals surface area contributed by atoms with Crippen LogP contribution in [0.1, 0.15) is 86.4 Å². The second-order valence-electron chi connectivity index (χ2n) is 11.5. The molecule has 0 aromatic carbocycles. The number of fused-ring (bicyclic) bond motifs is 1. The highest BCUT2D eigenvalue weighted by Crippen LogP contribution is 2.26. The highest BCUT2D eigenvalue weighted by atomic mass is 16.5. The SMILES string of the molecule is [N-]=[N+]=NCCOCCOCCOCCC(=O)NCCCc1ncc([C@@H](CCCCCCc2ccc3c(n2)NCCC3)CC(=O)O)cn1. The lowest BCUT2D eigenvalue weighted by Crippen LogP contribution is -2.26. The van der Waals surface area contributed by atoms with Crippen LogP contribution in [0.3, 0.4) is 0 Å². The fourth-order valence-electron chi connectivity index (χ4n) is 5.28. The van der Waals surface area contributed by atoms with E-state index in [0.717, 1.165) is 75.0 Å². The Morgan fingerprint density at radius 1 is 0.979 bits per heavy atom. The summed E-state index contributed by atoms with van der Waals surface area (Å²) in [5, 5.41) is 19.1. The topological polar surface area (TPSA) is 194 Å². The maximum absolute atomic E-state index is 12.0. The number of nitrogens with zero attached hydrogens (tertiary/aromatic N) is 6. The Kier molecular flexibility index (Phi) is 18.8. The molecule has 0 radical (unpaired) electrons. The molecule has 0 bridgehead atoms. The van der Waals surface area contributed by atoms with E-state index in [1.54, 1.807) is 12.4 Å². The summed E-state index contributed by atoms with van der Waals surface area (Å²) in [4.78, 5) is 40.0. The van der Waals surface area contributed by atoms with Crippen LogP contribution in [-0.2, 0) is 43.1 Å². The lowest BCUT2D eigenvalue weighted by Gasteiger charge is -2.17. The number of anilines is 1. The number of unbranched alkanes of at least 4 members (excludes halogenated alkanes) is 3. The number of carboxylic acid groups (broad SMARTS) is 1. The van der Waals surface area contributed by atoms with Gasteiger partial charge in [-0.05, 0) is 67.2 Å². The number of aliphatic carboxylic acids is 1. The van der Waals surface area contributed by atoms with Gasteiger partial charge in [-0.3, -0.25) is 9.59 Å². The van der Waals surface area contributed by atoms with Crippen molar-refractivity contribution in [1.82, 2.24) is 20.3 Å². The quantitative estimate of drug-likeness (QED) is 0.0550. The number of hydrogen-bond acceptors (Lipinski definition) is 10. The summed E-state index contributed by atoms with van der Waals surface area (Å²) in [6.07, 6.45) is 13.3. The number of pyridine rings is 1. The molecule has 1 atom stereocenters. The van der Waals surface area contributed by atoms with Crippen molar-refractivity contribution in [3.8, 4) is 0 Å². The van der Waals surface area contributed by atoms with Gasteiger partial charge in [-0.25, -0.2) is 15.0 Å². The highest BCUT2D eigenvalue weighted by molar-refractivity contribution is 5.75. The molecule has 3 N–H and O–H groups in total. The summed E-state index contributed by atoms with van der Waals surface area (Å²) in [7, 11) is 0. The van der Waals surface area contributed by atoms with E-state index in [2.05, 4.69) is 42.8 Å². The van der Waals surface area contributed by atoms with Gasteiger partial charge >= 0.3 is 5.97 Å². The average molecular weight is 655 g/mol. The summed E-state index contributed by atoms with van der Waals surface area (Å²) < 4.78 is 16.0. The highest BCUT2D eigenvalue weighted by Gasteiger charge is 2.17. The molecule has 258 valence electrons. The van der Waals surface area contributed by atoms with Crippen molar-refractivity contribution in [1.29, 1.82) is 0 Å². The second kappa shape index (κ2) is 23.5. The number of azide groups is 1. The van der Waals surface area contributed by atoms with Crippen LogP contribution < -0.4 is 10.6 Å². The van der Waals surface area contributed by atoms with E-state index in [1.165, 1.54) is 5.56 Å². The summed E-state index contributed by atoms with van der Waals surface area (Å²) in [5.74, 6) is 0.704. The molecule has 14 heteroatoms. The molecule has 14 nitrogen and oxygen atoms in total. The first-order valence-electron chi connectivity index (χ1n) is 16.8. The second-order valence-corrected chi connectivity index (χ2v) is 11.5. The van der Waals surface area contributed by atoms with Crippen LogP contribution in [0.5, 0.6) is 0 Å². The standard InChI is InChI=1S/C33H50N8O6/c34-41-39-16-18-46-20-22-47-21-19-45-17-13-31(42)35-14-6-10-30-37-24-28(25-38-30)27(23-32(43)44)7-3-1-2-4-9-29-12-11-26-8-5-15-36-33(26)40-29/h11-12,24-25,27H,1-10,13-23H2,(H,35,42)(H,36,40)(H,43,44)/t27-/m0/s1. The third-order valence-electron chi connectivity index (χ3n) is 7.82. The molecule has 47 heavy (non-hydrogen) atoms. The molecular weight excluding hydrogens is 604 g/mol. The minimum absolute atomic E-state index is 0.0632. The molecule has 3 rings (SSSR count). The monoisotopic (exact) mass is 654 g/mol. The number of nitrogens with one attached hydrogen (secondary N) is 2. The number of carbonyl (C=O) groups excluding carboxylic acids is 1. The van der Waals surface area contributed by atoms with Crippen molar-refractivity contribution in [2.45, 2.75) is 83.0 Å². The number of amides is 1. The zero-order valence-corrected chi connectivity index (χ0v) is 27.4. The van der Waals surface area contributed by atoms with Gasteiger partial charge in [0.05, 0.1) is 46.1 Å². The van der Waals surface area contributed by atoms with Crippen molar-refractivity contribution in [2.24, 2.45) is 5.11 Å². The number of rotatable bonds is 26. The summed E-state index contributed by atoms with van der Waals surface area (Å²) in [6.45, 7) is 4.10. The first-order chi connectivity index (χ1) is 23.0. The van der Waals surface area contributed by atoms with Crippen molar-refractivity contribution >= 4 is 17.7 Å². The van der Waals surface area contributed by atoms with Gasteiger partial charge in [0.25, 0.3) is 0 Å². The van der Waals surface area contributed by atoms with Gasteiger partial charge in [0.15, 0.2) is 0 Å². The number of carbonyl (C=O) groups is 2. The van der Waals surface area contributed by atoms with Gasteiger partial charge in [0.2, 0.25) is 5.91 Å². The van der Waals surface area contributed by atoms with Crippen LogP contribution in [0.4, 0.5) is 5.82 Å². The Hall–Kier alpha value is -3.84. The van der Waals surface area contributed by atoms with Crippen molar-refractivity contribution < 1.29 is 28.9 Å². The molecule has 2 aromatic heterocycles. The van der Waals surface area contributed by atoms with Gasteiger partial charge in [-0.1, -0.05) is 30.4 Å². The van der Waals surface area contributed by atoms with Crippen LogP contribution in [-0.4, -0.2) is 91.2 Å². The van der Waals surface area contributed by atoms with Crippen LogP contribution in [0.25, 0.3) is 10.4 Å². The first kappa shape index (κ1) is 37.6. The number of aromatic nitrogens is 3. The molecule has 0 spiro atoms. The number of hydrogen-bond donors (Lipinski definition) is 3. The summed E-state index contributed by atoms with van der Waals surface area (Å²) in [6, 6.07) is 4.34. The average Bonchev–Trinajstić information content (AvgIpc) is 3.08. The predicted octanol–water partition coefficient (Wildman–Crippen LogP) is 4.78. The van der Waals surface area contributed by atoms with Crippen molar-refractivity contribution in [3.63, 3.8) is 0 Å². The van der Waals surface area contributed by atoms with Gasteiger partial charge < -0.3 is 30.0 Å². The molecular formula is C33H50N8O6. The van der Waals surface area contributed by atoms with Crippen molar-refractivity contribution in [2.75, 3.05) is 64.6 Å². The summed E-state index contributed by atoms with van der Waals surface area (Å²) >= 11 is 0. The van der Waals surface area contributed by atoms with E-state index in [1.807, 2.05) is 0 Å². The van der Waals surface area contributed by atoms with E-state index < -0.39 is 5.97 Å². The normalized spacial score (nSPS) is 12.9. The number of ether oxygens (including phenoxy) is 3. The largest absolute Gasteiger partial charge is 0.481 e. The van der Waals surface area contributed by atoms with E-state index in [9.17, 15) is 14.7 Å². The fourth-order valence-corrected chi connectivity index (χ4v) is 5.28. The van der Waals surface area contributed by atoms with Gasteiger partial charge in [0, 0.05) is 55.5 Å². The Balaban J connectivity index is 1.22.